The molecule has 1 N–H and O–H groups in total. The molecule has 2 aliphatic heterocycles. The molecule has 0 radical (unpaired) electrons. The maximum absolute atomic E-state index is 14.3. The van der Waals surface area contributed by atoms with Crippen LogP contribution in [-0.4, -0.2) is 41.7 Å². The molecule has 3 heterocycles. The number of hydrogen-bond donors (Lipinski definition) is 1. The monoisotopic (exact) mass is 344 g/mol. The molecule has 8 heteroatoms. The zero-order valence-corrected chi connectivity index (χ0v) is 13.6. The number of fused-ring (bicyclic) bond motifs is 1. The molecule has 1 fully saturated rings. The lowest BCUT2D eigenvalue weighted by Crippen LogP contribution is -2.45. The molecule has 1 saturated heterocycles. The summed E-state index contributed by atoms with van der Waals surface area (Å²) >= 11 is 0. The number of aromatic nitrogens is 2. The largest absolute Gasteiger partial charge is 0.478 e. The predicted octanol–water partition coefficient (Wildman–Crippen LogP) is 1.91. The normalized spacial score (nSPS) is 22.8. The molecule has 0 aliphatic carbocycles. The van der Waals surface area contributed by atoms with Crippen LogP contribution in [0, 0.1) is 5.82 Å². The smallest absolute Gasteiger partial charge is 0.263 e. The number of nitrogens with one attached hydrogen (secondary N) is 1. The second-order valence-corrected chi connectivity index (χ2v) is 6.05. The Labute approximate surface area is 143 Å². The number of benzene rings is 1. The van der Waals surface area contributed by atoms with Gasteiger partial charge in [-0.2, -0.15) is 4.98 Å². The first-order chi connectivity index (χ1) is 12.1. The first-order valence-electron chi connectivity index (χ1n) is 8.04. The van der Waals surface area contributed by atoms with Crippen molar-refractivity contribution in [2.45, 2.75) is 19.1 Å². The molecule has 0 bridgehead atoms. The highest BCUT2D eigenvalue weighted by molar-refractivity contribution is 5.94. The summed E-state index contributed by atoms with van der Waals surface area (Å²) < 4.78 is 25.3. The van der Waals surface area contributed by atoms with E-state index in [2.05, 4.69) is 15.3 Å². The Hall–Kier alpha value is -2.74. The van der Waals surface area contributed by atoms with E-state index in [0.29, 0.717) is 36.2 Å². The molecule has 25 heavy (non-hydrogen) atoms. The van der Waals surface area contributed by atoms with Gasteiger partial charge in [-0.1, -0.05) is 18.2 Å². The number of amides is 1. The van der Waals surface area contributed by atoms with Crippen molar-refractivity contribution >= 4 is 17.7 Å². The van der Waals surface area contributed by atoms with Gasteiger partial charge in [0.15, 0.2) is 18.2 Å². The lowest BCUT2D eigenvalue weighted by Gasteiger charge is -2.39. The average molecular weight is 344 g/mol. The van der Waals surface area contributed by atoms with Crippen LogP contribution in [0.15, 0.2) is 30.5 Å². The maximum Gasteiger partial charge on any atom is 0.263 e. The number of rotatable bonds is 2. The molecule has 0 unspecified atom stereocenters. The lowest BCUT2D eigenvalue weighted by molar-refractivity contribution is -0.118. The highest BCUT2D eigenvalue weighted by Gasteiger charge is 2.32. The van der Waals surface area contributed by atoms with Crippen LogP contribution in [0.1, 0.15) is 18.5 Å². The minimum Gasteiger partial charge on any atom is -0.478 e. The molecule has 4 rings (SSSR count). The van der Waals surface area contributed by atoms with Crippen LogP contribution in [0.3, 0.4) is 0 Å². The van der Waals surface area contributed by atoms with Gasteiger partial charge in [-0.25, -0.2) is 9.37 Å². The molecular formula is C17H17FN4O3. The van der Waals surface area contributed by atoms with Crippen LogP contribution in [0.2, 0.25) is 0 Å². The van der Waals surface area contributed by atoms with E-state index in [1.54, 1.807) is 18.2 Å². The second-order valence-electron chi connectivity index (χ2n) is 6.05. The molecule has 130 valence electrons. The van der Waals surface area contributed by atoms with Crippen molar-refractivity contribution < 1.29 is 18.7 Å². The number of morpholine rings is 1. The third-order valence-electron chi connectivity index (χ3n) is 4.25. The number of halogens is 1. The fourth-order valence-electron chi connectivity index (χ4n) is 3.03. The van der Waals surface area contributed by atoms with Crippen molar-refractivity contribution in [1.82, 2.24) is 9.97 Å². The molecule has 0 spiro atoms. The van der Waals surface area contributed by atoms with Crippen LogP contribution in [0.4, 0.5) is 16.2 Å². The topological polar surface area (TPSA) is 76.6 Å². The van der Waals surface area contributed by atoms with Gasteiger partial charge >= 0.3 is 0 Å². The van der Waals surface area contributed by atoms with Gasteiger partial charge in [-0.05, 0) is 13.0 Å². The lowest BCUT2D eigenvalue weighted by atomic mass is 10.0. The van der Waals surface area contributed by atoms with Crippen LogP contribution in [0.5, 0.6) is 5.75 Å². The summed E-state index contributed by atoms with van der Waals surface area (Å²) in [4.78, 5) is 22.2. The Morgan fingerprint density at radius 1 is 1.36 bits per heavy atom. The summed E-state index contributed by atoms with van der Waals surface area (Å²) in [6.45, 7) is 2.72. The molecule has 0 saturated carbocycles. The third kappa shape index (κ3) is 3.00. The van der Waals surface area contributed by atoms with Gasteiger partial charge in [0.25, 0.3) is 5.91 Å². The van der Waals surface area contributed by atoms with E-state index >= 15 is 0 Å². The van der Waals surface area contributed by atoms with Gasteiger partial charge < -0.3 is 19.7 Å². The van der Waals surface area contributed by atoms with E-state index in [1.165, 1.54) is 12.3 Å². The molecule has 2 aromatic rings. The fourth-order valence-corrected chi connectivity index (χ4v) is 3.03. The molecule has 1 aromatic carbocycles. The highest BCUT2D eigenvalue weighted by Crippen LogP contribution is 2.33. The van der Waals surface area contributed by atoms with Crippen LogP contribution >= 0.6 is 0 Å². The van der Waals surface area contributed by atoms with Crippen molar-refractivity contribution in [3.05, 3.63) is 41.8 Å². The zero-order valence-electron chi connectivity index (χ0n) is 13.6. The van der Waals surface area contributed by atoms with Crippen molar-refractivity contribution in [1.29, 1.82) is 0 Å². The standard InChI is InChI=1S/C17H17FN4O3/c1-10-7-22(13(8-24-10)11-4-2-3-5-12(11)18)17-19-6-14-16(21-17)20-15(23)9-25-14/h2-6,10,13H,7-9H2,1H3,(H,19,20,21,23)/t10-,13+/m1/s1. The quantitative estimate of drug-likeness (QED) is 0.897. The third-order valence-corrected chi connectivity index (χ3v) is 4.25. The Morgan fingerprint density at radius 3 is 3.04 bits per heavy atom. The van der Waals surface area contributed by atoms with E-state index in [4.69, 9.17) is 9.47 Å². The Kier molecular flexibility index (Phi) is 3.96. The van der Waals surface area contributed by atoms with Crippen LogP contribution < -0.4 is 15.0 Å². The Morgan fingerprint density at radius 2 is 2.20 bits per heavy atom. The molecule has 1 aromatic heterocycles. The summed E-state index contributed by atoms with van der Waals surface area (Å²) in [5.74, 6) is 0.580. The SMILES string of the molecule is C[C@@H]1CN(c2ncc3c(n2)NC(=O)CO3)[C@H](c2ccccc2F)CO1. The fraction of sp³-hybridized carbons (Fsp3) is 0.353. The van der Waals surface area contributed by atoms with Crippen molar-refractivity contribution in [3.63, 3.8) is 0 Å². The minimum atomic E-state index is -0.351. The van der Waals surface area contributed by atoms with Gasteiger partial charge in [-0.3, -0.25) is 4.79 Å². The van der Waals surface area contributed by atoms with Crippen molar-refractivity contribution in [2.75, 3.05) is 30.0 Å². The van der Waals surface area contributed by atoms with Crippen molar-refractivity contribution in [3.8, 4) is 5.75 Å². The molecule has 7 nitrogen and oxygen atoms in total. The first kappa shape index (κ1) is 15.8. The van der Waals surface area contributed by atoms with E-state index in [0.717, 1.165) is 0 Å². The number of anilines is 2. The Balaban J connectivity index is 1.71. The van der Waals surface area contributed by atoms with E-state index in [-0.39, 0.29) is 30.5 Å². The summed E-state index contributed by atoms with van der Waals surface area (Å²) in [7, 11) is 0. The summed E-state index contributed by atoms with van der Waals surface area (Å²) in [6, 6.07) is 6.24. The minimum absolute atomic E-state index is 0.0477. The van der Waals surface area contributed by atoms with Gasteiger partial charge in [0.05, 0.1) is 24.9 Å². The maximum atomic E-state index is 14.3. The van der Waals surface area contributed by atoms with Crippen molar-refractivity contribution in [2.24, 2.45) is 0 Å². The molecule has 1 amide bonds. The number of carbonyl (C=O) groups is 1. The highest BCUT2D eigenvalue weighted by atomic mass is 19.1. The van der Waals surface area contributed by atoms with Gasteiger partial charge in [0.1, 0.15) is 5.82 Å². The van der Waals surface area contributed by atoms with Gasteiger partial charge in [-0.15, -0.1) is 0 Å². The summed E-state index contributed by atoms with van der Waals surface area (Å²) in [6.07, 6.45) is 1.48. The Bertz CT molecular complexity index is 816. The zero-order chi connectivity index (χ0) is 17.4. The first-order valence-corrected chi connectivity index (χ1v) is 8.04. The number of nitrogens with zero attached hydrogens (tertiary/aromatic N) is 3. The average Bonchev–Trinajstić information content (AvgIpc) is 2.62. The number of carbonyl (C=O) groups excluding carboxylic acids is 1. The summed E-state index contributed by atoms with van der Waals surface area (Å²) in [5, 5.41) is 2.67. The van der Waals surface area contributed by atoms with E-state index in [9.17, 15) is 9.18 Å². The van der Waals surface area contributed by atoms with Gasteiger partial charge in [0.2, 0.25) is 5.95 Å². The molecule has 2 atom stereocenters. The van der Waals surface area contributed by atoms with E-state index < -0.39 is 0 Å². The molecular weight excluding hydrogens is 327 g/mol. The predicted molar refractivity (Wildman–Crippen MR) is 88.1 cm³/mol. The van der Waals surface area contributed by atoms with Crippen LogP contribution in [-0.2, 0) is 9.53 Å². The molecule has 2 aliphatic rings. The van der Waals surface area contributed by atoms with E-state index in [1.807, 2.05) is 11.8 Å². The number of ether oxygens (including phenoxy) is 2. The summed E-state index contributed by atoms with van der Waals surface area (Å²) in [5.41, 5.74) is 0.524. The second kappa shape index (κ2) is 6.29. The van der Waals surface area contributed by atoms with Crippen LogP contribution in [0.25, 0.3) is 0 Å². The number of hydrogen-bond acceptors (Lipinski definition) is 6. The van der Waals surface area contributed by atoms with Gasteiger partial charge in [0, 0.05) is 12.1 Å².